The fourth-order valence-electron chi connectivity index (χ4n) is 2.85. The molecule has 1 aliphatic heterocycles. The van der Waals surface area contributed by atoms with Crippen molar-refractivity contribution in [3.63, 3.8) is 0 Å². The van der Waals surface area contributed by atoms with Gasteiger partial charge in [-0.2, -0.15) is 0 Å². The van der Waals surface area contributed by atoms with Crippen molar-refractivity contribution in [1.29, 1.82) is 0 Å². The highest BCUT2D eigenvalue weighted by molar-refractivity contribution is 7.15. The molecule has 2 heterocycles. The molecule has 0 bridgehead atoms. The number of thiazole rings is 1. The summed E-state index contributed by atoms with van der Waals surface area (Å²) in [4.78, 5) is 8.43. The summed E-state index contributed by atoms with van der Waals surface area (Å²) in [6.07, 6.45) is 3.39. The maximum absolute atomic E-state index is 4.62. The van der Waals surface area contributed by atoms with E-state index in [1.54, 1.807) is 0 Å². The average Bonchev–Trinajstić information content (AvgIpc) is 2.77. The Labute approximate surface area is 115 Å². The molecule has 3 unspecified atom stereocenters. The zero-order valence-corrected chi connectivity index (χ0v) is 12.8. The van der Waals surface area contributed by atoms with Gasteiger partial charge in [0.2, 0.25) is 0 Å². The van der Waals surface area contributed by atoms with Gasteiger partial charge in [0.15, 0.2) is 5.13 Å². The number of piperidine rings is 1. The third kappa shape index (κ3) is 3.23. The van der Waals surface area contributed by atoms with E-state index in [0.717, 1.165) is 31.5 Å². The van der Waals surface area contributed by atoms with E-state index in [1.807, 2.05) is 17.5 Å². The first-order valence-corrected chi connectivity index (χ1v) is 7.85. The number of nitrogens with one attached hydrogen (secondary N) is 1. The van der Waals surface area contributed by atoms with Gasteiger partial charge in [0, 0.05) is 30.2 Å². The van der Waals surface area contributed by atoms with Crippen LogP contribution in [-0.2, 0) is 0 Å². The van der Waals surface area contributed by atoms with Gasteiger partial charge >= 0.3 is 0 Å². The highest BCUT2D eigenvalue weighted by Crippen LogP contribution is 2.31. The molecule has 1 aromatic rings. The lowest BCUT2D eigenvalue weighted by Crippen LogP contribution is -2.38. The average molecular weight is 267 g/mol. The van der Waals surface area contributed by atoms with Gasteiger partial charge in [-0.3, -0.25) is 0 Å². The highest BCUT2D eigenvalue weighted by atomic mass is 32.1. The molecule has 0 amide bonds. The fourth-order valence-corrected chi connectivity index (χ4v) is 3.81. The molecule has 0 spiro atoms. The standard InChI is InChI=1S/C14H25N3S/c1-5-15-12(4)13-7-16-14(18-13)17-8-10(2)6-11(3)9-17/h7,10-12,15H,5-6,8-9H2,1-4H3. The molecule has 1 aromatic heterocycles. The SMILES string of the molecule is CCNC(C)c1cnc(N2CC(C)CC(C)C2)s1. The van der Waals surface area contributed by atoms with Crippen molar-refractivity contribution in [2.45, 2.75) is 40.2 Å². The molecule has 3 atom stereocenters. The van der Waals surface area contributed by atoms with Gasteiger partial charge in [0.1, 0.15) is 0 Å². The van der Waals surface area contributed by atoms with E-state index in [9.17, 15) is 0 Å². The Bertz CT molecular complexity index is 367. The zero-order valence-electron chi connectivity index (χ0n) is 11.9. The lowest BCUT2D eigenvalue weighted by atomic mass is 9.92. The van der Waals surface area contributed by atoms with Crippen LogP contribution in [0.3, 0.4) is 0 Å². The molecule has 0 saturated carbocycles. The molecule has 1 aliphatic rings. The molecule has 0 aromatic carbocycles. The van der Waals surface area contributed by atoms with Crippen LogP contribution in [-0.4, -0.2) is 24.6 Å². The summed E-state index contributed by atoms with van der Waals surface area (Å²) in [5, 5.41) is 4.65. The van der Waals surface area contributed by atoms with Crippen LogP contribution in [0.1, 0.15) is 45.0 Å². The van der Waals surface area contributed by atoms with E-state index in [1.165, 1.54) is 16.4 Å². The summed E-state index contributed by atoms with van der Waals surface area (Å²) >= 11 is 1.84. The lowest BCUT2D eigenvalue weighted by Gasteiger charge is -2.34. The van der Waals surface area contributed by atoms with E-state index < -0.39 is 0 Å². The van der Waals surface area contributed by atoms with Crippen molar-refractivity contribution in [2.24, 2.45) is 11.8 Å². The maximum Gasteiger partial charge on any atom is 0.185 e. The summed E-state index contributed by atoms with van der Waals surface area (Å²) < 4.78 is 0. The molecule has 0 radical (unpaired) electrons. The number of hydrogen-bond donors (Lipinski definition) is 1. The second-order valence-corrected chi connectivity index (χ2v) is 6.72. The minimum Gasteiger partial charge on any atom is -0.348 e. The predicted molar refractivity (Wildman–Crippen MR) is 79.4 cm³/mol. The van der Waals surface area contributed by atoms with E-state index in [0.29, 0.717) is 6.04 Å². The largest absolute Gasteiger partial charge is 0.348 e. The van der Waals surface area contributed by atoms with Crippen molar-refractivity contribution < 1.29 is 0 Å². The van der Waals surface area contributed by atoms with Crippen molar-refractivity contribution in [3.8, 4) is 0 Å². The summed E-state index contributed by atoms with van der Waals surface area (Å²) in [6.45, 7) is 12.4. The fraction of sp³-hybridized carbons (Fsp3) is 0.786. The number of nitrogens with zero attached hydrogens (tertiary/aromatic N) is 2. The van der Waals surface area contributed by atoms with Crippen LogP contribution in [0, 0.1) is 11.8 Å². The quantitative estimate of drug-likeness (QED) is 0.907. The first kappa shape index (κ1) is 13.8. The minimum absolute atomic E-state index is 0.417. The van der Waals surface area contributed by atoms with Crippen LogP contribution in [0.25, 0.3) is 0 Å². The molecule has 0 aliphatic carbocycles. The van der Waals surface area contributed by atoms with Crippen LogP contribution in [0.15, 0.2) is 6.20 Å². The van der Waals surface area contributed by atoms with Crippen molar-refractivity contribution in [3.05, 3.63) is 11.1 Å². The number of anilines is 1. The van der Waals surface area contributed by atoms with Crippen LogP contribution < -0.4 is 10.2 Å². The molecule has 1 N–H and O–H groups in total. The smallest absolute Gasteiger partial charge is 0.185 e. The molecule has 1 saturated heterocycles. The van der Waals surface area contributed by atoms with Crippen molar-refractivity contribution in [1.82, 2.24) is 10.3 Å². The van der Waals surface area contributed by atoms with Crippen molar-refractivity contribution in [2.75, 3.05) is 24.5 Å². The Morgan fingerprint density at radius 1 is 1.44 bits per heavy atom. The molecular formula is C14H25N3S. The third-order valence-electron chi connectivity index (χ3n) is 3.59. The Morgan fingerprint density at radius 2 is 2.11 bits per heavy atom. The monoisotopic (exact) mass is 267 g/mol. The van der Waals surface area contributed by atoms with Gasteiger partial charge in [-0.25, -0.2) is 4.98 Å². The summed E-state index contributed by atoms with van der Waals surface area (Å²) in [7, 11) is 0. The zero-order chi connectivity index (χ0) is 13.1. The van der Waals surface area contributed by atoms with Crippen LogP contribution in [0.4, 0.5) is 5.13 Å². The predicted octanol–water partition coefficient (Wildman–Crippen LogP) is 3.30. The second kappa shape index (κ2) is 6.02. The van der Waals surface area contributed by atoms with Crippen LogP contribution in [0.2, 0.25) is 0 Å². The van der Waals surface area contributed by atoms with E-state index in [4.69, 9.17) is 0 Å². The van der Waals surface area contributed by atoms with E-state index >= 15 is 0 Å². The van der Waals surface area contributed by atoms with Gasteiger partial charge in [0.25, 0.3) is 0 Å². The van der Waals surface area contributed by atoms with Gasteiger partial charge in [-0.05, 0) is 31.7 Å². The molecule has 4 heteroatoms. The Balaban J connectivity index is 2.05. The van der Waals surface area contributed by atoms with Gasteiger partial charge in [0.05, 0.1) is 0 Å². The van der Waals surface area contributed by atoms with Crippen molar-refractivity contribution >= 4 is 16.5 Å². The van der Waals surface area contributed by atoms with Gasteiger partial charge in [-0.15, -0.1) is 11.3 Å². The first-order chi connectivity index (χ1) is 8.60. The third-order valence-corrected chi connectivity index (χ3v) is 4.83. The number of rotatable bonds is 4. The van der Waals surface area contributed by atoms with E-state index in [-0.39, 0.29) is 0 Å². The summed E-state index contributed by atoms with van der Waals surface area (Å²) in [6, 6.07) is 0.417. The number of hydrogen-bond acceptors (Lipinski definition) is 4. The summed E-state index contributed by atoms with van der Waals surface area (Å²) in [5.41, 5.74) is 0. The van der Waals surface area contributed by atoms with Crippen LogP contribution in [0.5, 0.6) is 0 Å². The molecule has 102 valence electrons. The molecule has 18 heavy (non-hydrogen) atoms. The first-order valence-electron chi connectivity index (χ1n) is 7.04. The topological polar surface area (TPSA) is 28.2 Å². The molecule has 2 rings (SSSR count). The Morgan fingerprint density at radius 3 is 2.72 bits per heavy atom. The van der Waals surface area contributed by atoms with Crippen LogP contribution >= 0.6 is 11.3 Å². The van der Waals surface area contributed by atoms with E-state index in [2.05, 4.69) is 42.9 Å². The Kier molecular flexibility index (Phi) is 4.62. The lowest BCUT2D eigenvalue weighted by molar-refractivity contribution is 0.356. The second-order valence-electron chi connectivity index (χ2n) is 5.68. The van der Waals surface area contributed by atoms with Gasteiger partial charge < -0.3 is 10.2 Å². The Hall–Kier alpha value is -0.610. The van der Waals surface area contributed by atoms with Gasteiger partial charge in [-0.1, -0.05) is 20.8 Å². The minimum atomic E-state index is 0.417. The highest BCUT2D eigenvalue weighted by Gasteiger charge is 2.24. The number of aromatic nitrogens is 1. The summed E-state index contributed by atoms with van der Waals surface area (Å²) in [5.74, 6) is 1.57. The maximum atomic E-state index is 4.62. The molecular weight excluding hydrogens is 242 g/mol. The molecule has 3 nitrogen and oxygen atoms in total. The molecule has 1 fully saturated rings. The normalized spacial score (nSPS) is 26.3.